The molecule has 0 aliphatic rings. The summed E-state index contributed by atoms with van der Waals surface area (Å²) < 4.78 is 0. The lowest BCUT2D eigenvalue weighted by atomic mass is 9.99. The van der Waals surface area contributed by atoms with E-state index in [-0.39, 0.29) is 5.78 Å². The van der Waals surface area contributed by atoms with E-state index in [1.807, 2.05) is 31.3 Å². The Labute approximate surface area is 102 Å². The molecule has 0 fully saturated rings. The molecule has 0 heterocycles. The molecule has 0 aliphatic carbocycles. The van der Waals surface area contributed by atoms with Crippen LogP contribution in [0.4, 0.5) is 0 Å². The predicted octanol–water partition coefficient (Wildman–Crippen LogP) is 2.56. The monoisotopic (exact) mass is 227 g/mol. The molecule has 0 aliphatic heterocycles. The normalized spacial score (nSPS) is 10.6. The van der Waals surface area contributed by atoms with E-state index >= 15 is 0 Å². The van der Waals surface area contributed by atoms with Gasteiger partial charge in [0.2, 0.25) is 0 Å². The summed E-state index contributed by atoms with van der Waals surface area (Å²) in [5.41, 5.74) is 1.13. The van der Waals surface area contributed by atoms with Gasteiger partial charge in [-0.25, -0.2) is 0 Å². The van der Waals surface area contributed by atoms with Gasteiger partial charge in [-0.05, 0) is 23.4 Å². The number of ketones is 1. The number of hydrogen-bond acceptors (Lipinski definition) is 2. The van der Waals surface area contributed by atoms with Crippen LogP contribution < -0.4 is 5.32 Å². The van der Waals surface area contributed by atoms with Gasteiger partial charge in [-0.15, -0.1) is 0 Å². The summed E-state index contributed by atoms with van der Waals surface area (Å²) in [7, 11) is 1.87. The lowest BCUT2D eigenvalue weighted by molar-refractivity contribution is -0.118. The molecule has 88 valence electrons. The molecule has 17 heavy (non-hydrogen) atoms. The lowest BCUT2D eigenvalue weighted by Gasteiger charge is -2.05. The number of hydrogen-bond donors (Lipinski definition) is 1. The van der Waals surface area contributed by atoms with E-state index in [0.29, 0.717) is 12.8 Å². The average molecular weight is 227 g/mol. The highest BCUT2D eigenvalue weighted by atomic mass is 16.1. The third-order valence-electron chi connectivity index (χ3n) is 2.92. The smallest absolute Gasteiger partial charge is 0.138 e. The molecule has 1 N–H and O–H groups in total. The van der Waals surface area contributed by atoms with Crippen LogP contribution in [-0.4, -0.2) is 19.4 Å². The van der Waals surface area contributed by atoms with Gasteiger partial charge in [0.25, 0.3) is 0 Å². The van der Waals surface area contributed by atoms with Crippen molar-refractivity contribution in [3.8, 4) is 0 Å². The topological polar surface area (TPSA) is 29.1 Å². The van der Waals surface area contributed by atoms with Gasteiger partial charge in [0.15, 0.2) is 0 Å². The fourth-order valence-corrected chi connectivity index (χ4v) is 2.01. The second-order valence-electron chi connectivity index (χ2n) is 4.21. The molecule has 0 bridgehead atoms. The highest BCUT2D eigenvalue weighted by molar-refractivity contribution is 5.90. The Morgan fingerprint density at radius 2 is 1.88 bits per heavy atom. The van der Waals surface area contributed by atoms with Crippen LogP contribution in [0, 0.1) is 0 Å². The highest BCUT2D eigenvalue weighted by Gasteiger charge is 2.06. The summed E-state index contributed by atoms with van der Waals surface area (Å²) in [4.78, 5) is 11.8. The average Bonchev–Trinajstić information content (AvgIpc) is 2.37. The van der Waals surface area contributed by atoms with E-state index in [2.05, 4.69) is 23.5 Å². The molecule has 2 rings (SSSR count). The molecule has 2 nitrogen and oxygen atoms in total. The lowest BCUT2D eigenvalue weighted by Crippen LogP contribution is -2.14. The Hall–Kier alpha value is -1.67. The van der Waals surface area contributed by atoms with E-state index in [4.69, 9.17) is 0 Å². The van der Waals surface area contributed by atoms with Gasteiger partial charge in [-0.3, -0.25) is 4.79 Å². The Morgan fingerprint density at radius 3 is 2.71 bits per heavy atom. The van der Waals surface area contributed by atoms with Crippen LogP contribution in [-0.2, 0) is 11.2 Å². The van der Waals surface area contributed by atoms with Crippen molar-refractivity contribution in [3.63, 3.8) is 0 Å². The number of fused-ring (bicyclic) bond motifs is 1. The summed E-state index contributed by atoms with van der Waals surface area (Å²) in [6, 6.07) is 14.3. The number of carbonyl (C=O) groups is 1. The maximum absolute atomic E-state index is 11.8. The largest absolute Gasteiger partial charge is 0.319 e. The van der Waals surface area contributed by atoms with Crippen LogP contribution in [0.2, 0.25) is 0 Å². The molecular weight excluding hydrogens is 210 g/mol. The van der Waals surface area contributed by atoms with Crippen LogP contribution in [0.1, 0.15) is 12.0 Å². The van der Waals surface area contributed by atoms with Gasteiger partial charge in [0, 0.05) is 19.4 Å². The van der Waals surface area contributed by atoms with Crippen molar-refractivity contribution < 1.29 is 4.79 Å². The highest BCUT2D eigenvalue weighted by Crippen LogP contribution is 2.19. The van der Waals surface area contributed by atoms with E-state index in [9.17, 15) is 4.79 Å². The summed E-state index contributed by atoms with van der Waals surface area (Å²) in [6.45, 7) is 0.754. The first kappa shape index (κ1) is 11.8. The van der Waals surface area contributed by atoms with Crippen LogP contribution >= 0.6 is 0 Å². The molecule has 0 spiro atoms. The van der Waals surface area contributed by atoms with Crippen LogP contribution in [0.15, 0.2) is 42.5 Å². The SMILES string of the molecule is CNCCC(=O)Cc1cccc2ccccc12. The summed E-state index contributed by atoms with van der Waals surface area (Å²) in [5.74, 6) is 0.288. The second kappa shape index (κ2) is 5.60. The Morgan fingerprint density at radius 1 is 1.12 bits per heavy atom. The van der Waals surface area contributed by atoms with Crippen molar-refractivity contribution in [2.75, 3.05) is 13.6 Å². The number of Topliss-reactive ketones (excluding diaryl/α,β-unsaturated/α-hetero) is 1. The molecule has 0 saturated carbocycles. The number of rotatable bonds is 5. The number of benzene rings is 2. The Kier molecular flexibility index (Phi) is 3.89. The standard InChI is InChI=1S/C15H17NO/c1-16-10-9-14(17)11-13-7-4-6-12-5-2-3-8-15(12)13/h2-8,16H,9-11H2,1H3. The van der Waals surface area contributed by atoms with Crippen molar-refractivity contribution in [2.45, 2.75) is 12.8 Å². The fourth-order valence-electron chi connectivity index (χ4n) is 2.01. The van der Waals surface area contributed by atoms with Gasteiger partial charge < -0.3 is 5.32 Å². The molecule has 2 aromatic carbocycles. The van der Waals surface area contributed by atoms with E-state index < -0.39 is 0 Å². The van der Waals surface area contributed by atoms with Gasteiger partial charge in [0.05, 0.1) is 0 Å². The summed E-state index contributed by atoms with van der Waals surface area (Å²) in [5, 5.41) is 5.39. The zero-order chi connectivity index (χ0) is 12.1. The molecule has 2 heteroatoms. The fraction of sp³-hybridized carbons (Fsp3) is 0.267. The molecular formula is C15H17NO. The minimum Gasteiger partial charge on any atom is -0.319 e. The molecule has 0 saturated heterocycles. The number of nitrogens with one attached hydrogen (secondary N) is 1. The van der Waals surface area contributed by atoms with Crippen molar-refractivity contribution in [3.05, 3.63) is 48.0 Å². The van der Waals surface area contributed by atoms with Gasteiger partial charge in [0.1, 0.15) is 5.78 Å². The number of carbonyl (C=O) groups excluding carboxylic acids is 1. The Balaban J connectivity index is 2.21. The molecule has 0 unspecified atom stereocenters. The van der Waals surface area contributed by atoms with E-state index in [0.717, 1.165) is 12.1 Å². The van der Waals surface area contributed by atoms with Crippen molar-refractivity contribution in [1.29, 1.82) is 0 Å². The minimum absolute atomic E-state index is 0.288. The van der Waals surface area contributed by atoms with E-state index in [1.165, 1.54) is 10.8 Å². The third kappa shape index (κ3) is 2.92. The molecule has 0 amide bonds. The summed E-state index contributed by atoms with van der Waals surface area (Å²) in [6.07, 6.45) is 1.13. The molecule has 0 atom stereocenters. The molecule has 2 aromatic rings. The maximum Gasteiger partial charge on any atom is 0.138 e. The summed E-state index contributed by atoms with van der Waals surface area (Å²) >= 11 is 0. The zero-order valence-corrected chi connectivity index (χ0v) is 10.1. The first-order chi connectivity index (χ1) is 8.31. The third-order valence-corrected chi connectivity index (χ3v) is 2.92. The predicted molar refractivity (Wildman–Crippen MR) is 71.2 cm³/mol. The second-order valence-corrected chi connectivity index (χ2v) is 4.21. The van der Waals surface area contributed by atoms with Crippen LogP contribution in [0.3, 0.4) is 0 Å². The van der Waals surface area contributed by atoms with Crippen molar-refractivity contribution in [1.82, 2.24) is 5.32 Å². The van der Waals surface area contributed by atoms with Crippen molar-refractivity contribution >= 4 is 16.6 Å². The van der Waals surface area contributed by atoms with Gasteiger partial charge in [-0.2, -0.15) is 0 Å². The van der Waals surface area contributed by atoms with Crippen LogP contribution in [0.5, 0.6) is 0 Å². The maximum atomic E-state index is 11.8. The van der Waals surface area contributed by atoms with Gasteiger partial charge >= 0.3 is 0 Å². The van der Waals surface area contributed by atoms with Gasteiger partial charge in [-0.1, -0.05) is 42.5 Å². The van der Waals surface area contributed by atoms with Crippen LogP contribution in [0.25, 0.3) is 10.8 Å². The Bertz CT molecular complexity index is 514. The quantitative estimate of drug-likeness (QED) is 0.850. The molecule has 0 aromatic heterocycles. The van der Waals surface area contributed by atoms with E-state index in [1.54, 1.807) is 0 Å². The van der Waals surface area contributed by atoms with Crippen molar-refractivity contribution in [2.24, 2.45) is 0 Å². The minimum atomic E-state index is 0.288. The first-order valence-electron chi connectivity index (χ1n) is 5.94. The first-order valence-corrected chi connectivity index (χ1v) is 5.94. The molecule has 0 radical (unpaired) electrons. The zero-order valence-electron chi connectivity index (χ0n) is 10.1.